The fraction of sp³-hybridized carbons (Fsp3) is 0.0370. The molecule has 5 rings (SSSR count). The van der Waals surface area contributed by atoms with Crippen LogP contribution in [0.2, 0.25) is 0 Å². The largest absolute Gasteiger partial charge is 0.461 e. The molecule has 0 radical (unpaired) electrons. The molecule has 0 N–H and O–H groups in total. The van der Waals surface area contributed by atoms with E-state index in [1.165, 1.54) is 17.2 Å². The molecule has 0 amide bonds. The molecule has 0 saturated heterocycles. The number of carbonyl (C=O) groups is 1. The Morgan fingerprint density at radius 2 is 1.74 bits per heavy atom. The summed E-state index contributed by atoms with van der Waals surface area (Å²) < 4.78 is 12.3. The van der Waals surface area contributed by atoms with Gasteiger partial charge in [0.2, 0.25) is 5.82 Å². The lowest BCUT2D eigenvalue weighted by Gasteiger charge is -2.09. The van der Waals surface area contributed by atoms with Gasteiger partial charge in [0.1, 0.15) is 5.75 Å². The Bertz CT molecular complexity index is 1570. The number of ether oxygens (including phenoxy) is 1. The number of hydrogen-bond acceptors (Lipinski definition) is 6. The Balaban J connectivity index is 1.54. The van der Waals surface area contributed by atoms with Gasteiger partial charge >= 0.3 is 5.97 Å². The highest BCUT2D eigenvalue weighted by molar-refractivity contribution is 5.93. The van der Waals surface area contributed by atoms with Gasteiger partial charge in [-0.25, -0.2) is 9.78 Å². The van der Waals surface area contributed by atoms with Crippen molar-refractivity contribution in [1.82, 2.24) is 9.66 Å². The third-order valence-electron chi connectivity index (χ3n) is 5.22. The molecular weight excluding hydrogens is 430 g/mol. The van der Waals surface area contributed by atoms with E-state index in [4.69, 9.17) is 9.15 Å². The summed E-state index contributed by atoms with van der Waals surface area (Å²) in [4.78, 5) is 30.4. The van der Waals surface area contributed by atoms with Gasteiger partial charge in [-0.3, -0.25) is 4.79 Å². The van der Waals surface area contributed by atoms with E-state index < -0.39 is 5.97 Å². The minimum atomic E-state index is -0.485. The number of aromatic nitrogens is 2. The van der Waals surface area contributed by atoms with E-state index in [-0.39, 0.29) is 11.4 Å². The summed E-state index contributed by atoms with van der Waals surface area (Å²) in [5.41, 5.74) is 2.20. The maximum atomic E-state index is 13.2. The van der Waals surface area contributed by atoms with E-state index in [0.29, 0.717) is 33.5 Å². The number of benzene rings is 3. The Kier molecular flexibility index (Phi) is 5.58. The number of furan rings is 1. The van der Waals surface area contributed by atoms with Crippen molar-refractivity contribution in [2.24, 2.45) is 5.10 Å². The minimum Gasteiger partial charge on any atom is -0.461 e. The number of esters is 1. The summed E-state index contributed by atoms with van der Waals surface area (Å²) in [6.45, 7) is 1.95. The van der Waals surface area contributed by atoms with E-state index in [1.807, 2.05) is 25.1 Å². The SMILES string of the molecule is Cc1ccc(C(=O)Oc2ccccc2C=Nn2c(-c3ccco3)nc3ccccc3c2=O)cc1. The number of rotatable bonds is 5. The van der Waals surface area contributed by atoms with Gasteiger partial charge in [-0.05, 0) is 55.5 Å². The van der Waals surface area contributed by atoms with Crippen molar-refractivity contribution < 1.29 is 13.9 Å². The summed E-state index contributed by atoms with van der Waals surface area (Å²) in [7, 11) is 0. The first-order valence-electron chi connectivity index (χ1n) is 10.6. The number of para-hydroxylation sites is 2. The van der Waals surface area contributed by atoms with Crippen molar-refractivity contribution in [3.05, 3.63) is 118 Å². The molecular formula is C27H19N3O4. The minimum absolute atomic E-state index is 0.263. The molecule has 5 aromatic rings. The van der Waals surface area contributed by atoms with E-state index in [0.717, 1.165) is 5.56 Å². The van der Waals surface area contributed by atoms with Crippen LogP contribution in [0.25, 0.3) is 22.5 Å². The van der Waals surface area contributed by atoms with E-state index in [2.05, 4.69) is 10.1 Å². The van der Waals surface area contributed by atoms with E-state index in [9.17, 15) is 9.59 Å². The average Bonchev–Trinajstić information content (AvgIpc) is 3.39. The lowest BCUT2D eigenvalue weighted by atomic mass is 10.1. The maximum absolute atomic E-state index is 13.2. The average molecular weight is 449 g/mol. The second kappa shape index (κ2) is 8.99. The van der Waals surface area contributed by atoms with Crippen LogP contribution in [0.4, 0.5) is 0 Å². The van der Waals surface area contributed by atoms with Crippen molar-refractivity contribution in [2.75, 3.05) is 0 Å². The highest BCUT2D eigenvalue weighted by Crippen LogP contribution is 2.21. The molecule has 2 heterocycles. The normalized spacial score (nSPS) is 11.2. The third kappa shape index (κ3) is 4.14. The molecule has 0 aliphatic carbocycles. The molecule has 0 saturated carbocycles. The van der Waals surface area contributed by atoms with Gasteiger partial charge in [0, 0.05) is 5.56 Å². The van der Waals surface area contributed by atoms with Crippen LogP contribution < -0.4 is 10.3 Å². The van der Waals surface area contributed by atoms with Crippen molar-refractivity contribution in [1.29, 1.82) is 0 Å². The predicted octanol–water partition coefficient (Wildman–Crippen LogP) is 5.07. The summed E-state index contributed by atoms with van der Waals surface area (Å²) in [6.07, 6.45) is 2.96. The molecule has 166 valence electrons. The zero-order valence-corrected chi connectivity index (χ0v) is 18.2. The zero-order chi connectivity index (χ0) is 23.5. The number of fused-ring (bicyclic) bond motifs is 1. The molecule has 0 spiro atoms. The Labute approximate surface area is 194 Å². The van der Waals surface area contributed by atoms with Gasteiger partial charge < -0.3 is 9.15 Å². The van der Waals surface area contributed by atoms with E-state index in [1.54, 1.807) is 66.7 Å². The smallest absolute Gasteiger partial charge is 0.343 e. The fourth-order valence-electron chi connectivity index (χ4n) is 3.44. The maximum Gasteiger partial charge on any atom is 0.343 e. The molecule has 0 fully saturated rings. The first kappa shape index (κ1) is 21.1. The molecule has 7 nitrogen and oxygen atoms in total. The molecule has 34 heavy (non-hydrogen) atoms. The van der Waals surface area contributed by atoms with Crippen LogP contribution in [0.1, 0.15) is 21.5 Å². The first-order chi connectivity index (χ1) is 16.6. The number of nitrogens with zero attached hydrogens (tertiary/aromatic N) is 3. The van der Waals surface area contributed by atoms with Crippen LogP contribution in [-0.2, 0) is 0 Å². The van der Waals surface area contributed by atoms with Gasteiger partial charge in [0.05, 0.1) is 28.9 Å². The summed E-state index contributed by atoms with van der Waals surface area (Å²) in [5.74, 6) is 0.498. The summed E-state index contributed by atoms with van der Waals surface area (Å²) in [5, 5.41) is 4.82. The Morgan fingerprint density at radius 1 is 0.971 bits per heavy atom. The van der Waals surface area contributed by atoms with Crippen LogP contribution in [0, 0.1) is 6.92 Å². The van der Waals surface area contributed by atoms with E-state index >= 15 is 0 Å². The number of carbonyl (C=O) groups excluding carboxylic acids is 1. The molecule has 0 aliphatic rings. The highest BCUT2D eigenvalue weighted by Gasteiger charge is 2.15. The second-order valence-electron chi connectivity index (χ2n) is 7.58. The van der Waals surface area contributed by atoms with Gasteiger partial charge in [-0.15, -0.1) is 0 Å². The van der Waals surface area contributed by atoms with Crippen LogP contribution in [-0.4, -0.2) is 21.8 Å². The predicted molar refractivity (Wildman–Crippen MR) is 129 cm³/mol. The highest BCUT2D eigenvalue weighted by atomic mass is 16.5. The monoisotopic (exact) mass is 449 g/mol. The van der Waals surface area contributed by atoms with Gasteiger partial charge in [0.25, 0.3) is 5.56 Å². The quantitative estimate of drug-likeness (QED) is 0.212. The number of aryl methyl sites for hydroxylation is 1. The lowest BCUT2D eigenvalue weighted by Crippen LogP contribution is -2.20. The summed E-state index contributed by atoms with van der Waals surface area (Å²) >= 11 is 0. The molecule has 0 atom stereocenters. The Hall–Kier alpha value is -4.78. The standard InChI is InChI=1S/C27H19N3O4/c1-18-12-14-19(15-13-18)27(32)34-23-10-5-2-7-20(23)17-28-30-25(24-11-6-16-33-24)29-22-9-4-3-8-21(22)26(30)31/h2-17H,1H3. The zero-order valence-electron chi connectivity index (χ0n) is 18.2. The van der Waals surface area contributed by atoms with Crippen LogP contribution >= 0.6 is 0 Å². The Morgan fingerprint density at radius 3 is 2.53 bits per heavy atom. The topological polar surface area (TPSA) is 86.7 Å². The van der Waals surface area contributed by atoms with Crippen molar-refractivity contribution in [3.63, 3.8) is 0 Å². The van der Waals surface area contributed by atoms with Gasteiger partial charge in [-0.2, -0.15) is 9.78 Å². The van der Waals surface area contributed by atoms with Gasteiger partial charge in [-0.1, -0.05) is 42.0 Å². The molecule has 3 aromatic carbocycles. The van der Waals surface area contributed by atoms with Gasteiger partial charge in [0.15, 0.2) is 5.76 Å². The molecule has 0 unspecified atom stereocenters. The fourth-order valence-corrected chi connectivity index (χ4v) is 3.44. The molecule has 0 aliphatic heterocycles. The lowest BCUT2D eigenvalue weighted by molar-refractivity contribution is 0.0734. The van der Waals surface area contributed by atoms with Crippen LogP contribution in [0.15, 0.2) is 106 Å². The van der Waals surface area contributed by atoms with Crippen LogP contribution in [0.5, 0.6) is 5.75 Å². The van der Waals surface area contributed by atoms with Crippen molar-refractivity contribution >= 4 is 23.1 Å². The third-order valence-corrected chi connectivity index (χ3v) is 5.22. The molecule has 2 aromatic heterocycles. The van der Waals surface area contributed by atoms with Crippen LogP contribution in [0.3, 0.4) is 0 Å². The number of hydrogen-bond donors (Lipinski definition) is 0. The molecule has 7 heteroatoms. The van der Waals surface area contributed by atoms with Crippen molar-refractivity contribution in [3.8, 4) is 17.3 Å². The molecule has 0 bridgehead atoms. The van der Waals surface area contributed by atoms with Crippen molar-refractivity contribution in [2.45, 2.75) is 6.92 Å². The second-order valence-corrected chi connectivity index (χ2v) is 7.58. The first-order valence-corrected chi connectivity index (χ1v) is 10.6. The summed E-state index contributed by atoms with van der Waals surface area (Å²) in [6, 6.07) is 24.5.